The lowest BCUT2D eigenvalue weighted by molar-refractivity contribution is 0.749. The Morgan fingerprint density at radius 3 is 2.11 bits per heavy atom. The Bertz CT molecular complexity index is 502. The summed E-state index contributed by atoms with van der Waals surface area (Å²) in [7, 11) is 0. The number of benzene rings is 2. The molecule has 0 radical (unpaired) electrons. The zero-order chi connectivity index (χ0) is 13.7. The number of hydrogen-bond acceptors (Lipinski definition) is 1. The standard InChI is InChI=1S/C17H20IN/c1-3-13-5-7-14(8-6-13)17(4-2)19-16-11-9-15(18)10-12-16/h5-12,17,19H,3-4H2,1-2H3. The van der Waals surface area contributed by atoms with Crippen LogP contribution < -0.4 is 5.32 Å². The van der Waals surface area contributed by atoms with Gasteiger partial charge in [-0.2, -0.15) is 0 Å². The fourth-order valence-electron chi connectivity index (χ4n) is 2.15. The molecule has 1 N–H and O–H groups in total. The smallest absolute Gasteiger partial charge is 0.0511 e. The van der Waals surface area contributed by atoms with Crippen LogP contribution in [0, 0.1) is 3.57 Å². The van der Waals surface area contributed by atoms with Crippen LogP contribution in [0.1, 0.15) is 37.4 Å². The van der Waals surface area contributed by atoms with Gasteiger partial charge >= 0.3 is 0 Å². The monoisotopic (exact) mass is 365 g/mol. The molecule has 0 aliphatic carbocycles. The molecule has 0 saturated heterocycles. The Labute approximate surface area is 129 Å². The van der Waals surface area contributed by atoms with Gasteiger partial charge < -0.3 is 5.32 Å². The van der Waals surface area contributed by atoms with Crippen molar-refractivity contribution in [2.24, 2.45) is 0 Å². The first-order valence-corrected chi connectivity index (χ1v) is 7.91. The third-order valence-corrected chi connectivity index (χ3v) is 4.10. The van der Waals surface area contributed by atoms with Crippen LogP contribution in [0.4, 0.5) is 5.69 Å². The molecule has 0 heterocycles. The quantitative estimate of drug-likeness (QED) is 0.698. The van der Waals surface area contributed by atoms with Crippen LogP contribution in [0.15, 0.2) is 48.5 Å². The lowest BCUT2D eigenvalue weighted by Gasteiger charge is -2.19. The maximum absolute atomic E-state index is 3.61. The average Bonchev–Trinajstić information content (AvgIpc) is 2.47. The second-order valence-electron chi connectivity index (χ2n) is 4.71. The molecule has 1 unspecified atom stereocenters. The van der Waals surface area contributed by atoms with Crippen LogP contribution in [-0.2, 0) is 6.42 Å². The summed E-state index contributed by atoms with van der Waals surface area (Å²) in [5, 5.41) is 3.61. The fourth-order valence-corrected chi connectivity index (χ4v) is 2.51. The van der Waals surface area contributed by atoms with Crippen molar-refractivity contribution < 1.29 is 0 Å². The summed E-state index contributed by atoms with van der Waals surface area (Å²) in [6, 6.07) is 17.9. The average molecular weight is 365 g/mol. The summed E-state index contributed by atoms with van der Waals surface area (Å²) in [5.41, 5.74) is 3.94. The molecule has 2 aromatic rings. The molecule has 0 aliphatic rings. The van der Waals surface area contributed by atoms with Gasteiger partial charge in [0.05, 0.1) is 6.04 Å². The highest BCUT2D eigenvalue weighted by molar-refractivity contribution is 14.1. The molecule has 0 bridgehead atoms. The minimum atomic E-state index is 0.381. The highest BCUT2D eigenvalue weighted by atomic mass is 127. The van der Waals surface area contributed by atoms with Crippen LogP contribution in [0.5, 0.6) is 0 Å². The van der Waals surface area contributed by atoms with E-state index in [1.54, 1.807) is 0 Å². The van der Waals surface area contributed by atoms with E-state index in [2.05, 4.69) is 90.3 Å². The highest BCUT2D eigenvalue weighted by Crippen LogP contribution is 2.23. The molecule has 2 heteroatoms. The lowest BCUT2D eigenvalue weighted by atomic mass is 10.0. The minimum absolute atomic E-state index is 0.381. The molecule has 1 atom stereocenters. The molecule has 19 heavy (non-hydrogen) atoms. The maximum Gasteiger partial charge on any atom is 0.0511 e. The van der Waals surface area contributed by atoms with Crippen LogP contribution in [0.25, 0.3) is 0 Å². The van der Waals surface area contributed by atoms with Gasteiger partial charge in [0.2, 0.25) is 0 Å². The van der Waals surface area contributed by atoms with E-state index in [0.717, 1.165) is 12.8 Å². The first-order chi connectivity index (χ1) is 9.22. The molecule has 0 spiro atoms. The van der Waals surface area contributed by atoms with E-state index in [0.29, 0.717) is 6.04 Å². The van der Waals surface area contributed by atoms with Gasteiger partial charge in [-0.05, 0) is 70.8 Å². The number of rotatable bonds is 5. The van der Waals surface area contributed by atoms with Gasteiger partial charge in [0.15, 0.2) is 0 Å². The van der Waals surface area contributed by atoms with E-state index in [1.165, 1.54) is 20.4 Å². The van der Waals surface area contributed by atoms with Crippen LogP contribution in [0.2, 0.25) is 0 Å². The van der Waals surface area contributed by atoms with Gasteiger partial charge in [0.25, 0.3) is 0 Å². The molecule has 0 amide bonds. The van der Waals surface area contributed by atoms with E-state index in [1.807, 2.05) is 0 Å². The van der Waals surface area contributed by atoms with E-state index >= 15 is 0 Å². The maximum atomic E-state index is 3.61. The van der Waals surface area contributed by atoms with Crippen molar-refractivity contribution in [3.8, 4) is 0 Å². The topological polar surface area (TPSA) is 12.0 Å². The van der Waals surface area contributed by atoms with Crippen molar-refractivity contribution in [3.63, 3.8) is 0 Å². The second-order valence-corrected chi connectivity index (χ2v) is 5.95. The van der Waals surface area contributed by atoms with E-state index in [9.17, 15) is 0 Å². The van der Waals surface area contributed by atoms with Crippen LogP contribution in [0.3, 0.4) is 0 Å². The Morgan fingerprint density at radius 1 is 0.947 bits per heavy atom. The zero-order valence-corrected chi connectivity index (χ0v) is 13.6. The molecule has 0 saturated carbocycles. The Kier molecular flexibility index (Phi) is 5.25. The summed E-state index contributed by atoms with van der Waals surface area (Å²) >= 11 is 2.33. The summed E-state index contributed by atoms with van der Waals surface area (Å²) < 4.78 is 1.27. The predicted molar refractivity (Wildman–Crippen MR) is 91.6 cm³/mol. The van der Waals surface area contributed by atoms with Gasteiger partial charge in [0.1, 0.15) is 0 Å². The predicted octanol–water partition coefficient (Wildman–Crippen LogP) is 5.42. The van der Waals surface area contributed by atoms with Gasteiger partial charge in [-0.3, -0.25) is 0 Å². The number of aryl methyl sites for hydroxylation is 1. The molecule has 1 nitrogen and oxygen atoms in total. The van der Waals surface area contributed by atoms with Crippen molar-refractivity contribution in [2.75, 3.05) is 5.32 Å². The van der Waals surface area contributed by atoms with Crippen molar-refractivity contribution in [3.05, 3.63) is 63.2 Å². The second kappa shape index (κ2) is 6.94. The molecule has 0 aromatic heterocycles. The largest absolute Gasteiger partial charge is 0.378 e. The minimum Gasteiger partial charge on any atom is -0.378 e. The Hall–Kier alpha value is -1.03. The third kappa shape index (κ3) is 3.96. The number of anilines is 1. The van der Waals surface area contributed by atoms with Crippen LogP contribution >= 0.6 is 22.6 Å². The lowest BCUT2D eigenvalue weighted by Crippen LogP contribution is -2.09. The molecular formula is C17H20IN. The van der Waals surface area contributed by atoms with Gasteiger partial charge in [-0.15, -0.1) is 0 Å². The SMILES string of the molecule is CCc1ccc(C(CC)Nc2ccc(I)cc2)cc1. The Morgan fingerprint density at radius 2 is 1.58 bits per heavy atom. The van der Waals surface area contributed by atoms with Crippen molar-refractivity contribution in [1.29, 1.82) is 0 Å². The molecular weight excluding hydrogens is 345 g/mol. The van der Waals surface area contributed by atoms with Gasteiger partial charge in [-0.25, -0.2) is 0 Å². The van der Waals surface area contributed by atoms with Gasteiger partial charge in [0, 0.05) is 9.26 Å². The van der Waals surface area contributed by atoms with Crippen molar-refractivity contribution >= 4 is 28.3 Å². The molecule has 100 valence electrons. The number of hydrogen-bond donors (Lipinski definition) is 1. The Balaban J connectivity index is 2.12. The normalized spacial score (nSPS) is 12.2. The summed E-state index contributed by atoms with van der Waals surface area (Å²) in [4.78, 5) is 0. The first kappa shape index (κ1) is 14.4. The van der Waals surface area contributed by atoms with Gasteiger partial charge in [-0.1, -0.05) is 38.1 Å². The number of nitrogens with one attached hydrogen (secondary N) is 1. The number of halogens is 1. The summed E-state index contributed by atoms with van der Waals surface area (Å²) in [6.45, 7) is 4.41. The fraction of sp³-hybridized carbons (Fsp3) is 0.294. The van der Waals surface area contributed by atoms with E-state index < -0.39 is 0 Å². The molecule has 2 rings (SSSR count). The first-order valence-electron chi connectivity index (χ1n) is 6.84. The summed E-state index contributed by atoms with van der Waals surface area (Å²) in [6.07, 6.45) is 2.18. The van der Waals surface area contributed by atoms with E-state index in [4.69, 9.17) is 0 Å². The highest BCUT2D eigenvalue weighted by Gasteiger charge is 2.08. The van der Waals surface area contributed by atoms with E-state index in [-0.39, 0.29) is 0 Å². The van der Waals surface area contributed by atoms with Crippen molar-refractivity contribution in [1.82, 2.24) is 0 Å². The van der Waals surface area contributed by atoms with Crippen molar-refractivity contribution in [2.45, 2.75) is 32.7 Å². The molecule has 2 aromatic carbocycles. The van der Waals surface area contributed by atoms with Crippen LogP contribution in [-0.4, -0.2) is 0 Å². The molecule has 0 fully saturated rings. The third-order valence-electron chi connectivity index (χ3n) is 3.38. The summed E-state index contributed by atoms with van der Waals surface area (Å²) in [5.74, 6) is 0. The molecule has 0 aliphatic heterocycles. The zero-order valence-electron chi connectivity index (χ0n) is 11.5.